The molecule has 3 aromatic carbocycles. The Kier molecular flexibility index (Phi) is 12.0. The van der Waals surface area contributed by atoms with Crippen LogP contribution in [0.5, 0.6) is 23.0 Å². The molecule has 0 saturated heterocycles. The van der Waals surface area contributed by atoms with Crippen LogP contribution in [0.25, 0.3) is 0 Å². The zero-order chi connectivity index (χ0) is 34.1. The maximum absolute atomic E-state index is 14.8. The van der Waals surface area contributed by atoms with Crippen LogP contribution in [0.3, 0.4) is 0 Å². The Balaban J connectivity index is 1.76. The van der Waals surface area contributed by atoms with E-state index in [9.17, 15) is 14.7 Å². The number of ether oxygens (including phenoxy) is 6. The van der Waals surface area contributed by atoms with Crippen molar-refractivity contribution in [3.63, 3.8) is 0 Å². The van der Waals surface area contributed by atoms with Crippen LogP contribution in [0.1, 0.15) is 49.1 Å². The lowest BCUT2D eigenvalue weighted by Gasteiger charge is -2.44. The molecule has 11 heteroatoms. The standard InChI is InChI=1S/C36H46N2O9/c1-36(2,3)47-35(41)37-28(15-24-13-14-30(42-4)31(16-24)43-5)34(40)38-26(20-39)17-25-18-32(44-6)33(45-7)19-27(25)29(38)22-46-21-23-11-9-8-10-12-23/h8-14,16,18-19,26,28-29,39H,15,17,20-22H2,1-7H3,(H,37,41)/t26-,28?,29?/m0/s1. The van der Waals surface area contributed by atoms with Gasteiger partial charge in [0.2, 0.25) is 5.91 Å². The van der Waals surface area contributed by atoms with Crippen LogP contribution in [0.4, 0.5) is 4.79 Å². The lowest BCUT2D eigenvalue weighted by molar-refractivity contribution is -0.143. The van der Waals surface area contributed by atoms with Crippen LogP contribution in [0, 0.1) is 0 Å². The molecule has 4 rings (SSSR count). The molecule has 0 bridgehead atoms. The lowest BCUT2D eigenvalue weighted by atomic mass is 9.87. The summed E-state index contributed by atoms with van der Waals surface area (Å²) in [6.07, 6.45) is -0.274. The predicted molar refractivity (Wildman–Crippen MR) is 176 cm³/mol. The van der Waals surface area contributed by atoms with E-state index in [1.807, 2.05) is 48.5 Å². The predicted octanol–water partition coefficient (Wildman–Crippen LogP) is 4.86. The molecule has 0 aliphatic carbocycles. The lowest BCUT2D eigenvalue weighted by Crippen LogP contribution is -2.57. The summed E-state index contributed by atoms with van der Waals surface area (Å²) < 4.78 is 33.9. The Morgan fingerprint density at radius 1 is 0.872 bits per heavy atom. The van der Waals surface area contributed by atoms with E-state index in [4.69, 9.17) is 28.4 Å². The Bertz CT molecular complexity index is 1510. The number of hydrogen-bond donors (Lipinski definition) is 2. The normalized spacial score (nSPS) is 16.5. The van der Waals surface area contributed by atoms with Crippen molar-refractivity contribution in [2.45, 2.75) is 63.9 Å². The van der Waals surface area contributed by atoms with Crippen LogP contribution in [0.15, 0.2) is 60.7 Å². The molecule has 254 valence electrons. The molecule has 1 heterocycles. The number of hydrogen-bond acceptors (Lipinski definition) is 9. The number of nitrogens with one attached hydrogen (secondary N) is 1. The number of alkyl carbamates (subject to hydrolysis) is 1. The Morgan fingerprint density at radius 3 is 2.13 bits per heavy atom. The van der Waals surface area contributed by atoms with Crippen LogP contribution >= 0.6 is 0 Å². The Hall–Kier alpha value is -4.48. The van der Waals surface area contributed by atoms with Crippen molar-refractivity contribution in [2.24, 2.45) is 0 Å². The molecule has 0 saturated carbocycles. The highest BCUT2D eigenvalue weighted by Crippen LogP contribution is 2.41. The number of methoxy groups -OCH3 is 4. The molecule has 0 aromatic heterocycles. The van der Waals surface area contributed by atoms with E-state index in [0.717, 1.165) is 22.3 Å². The molecule has 2 amide bonds. The van der Waals surface area contributed by atoms with Crippen molar-refractivity contribution in [3.8, 4) is 23.0 Å². The molecule has 11 nitrogen and oxygen atoms in total. The van der Waals surface area contributed by atoms with Gasteiger partial charge in [0, 0.05) is 6.42 Å². The van der Waals surface area contributed by atoms with Gasteiger partial charge in [-0.05, 0) is 73.7 Å². The van der Waals surface area contributed by atoms with E-state index < -0.39 is 35.7 Å². The number of benzene rings is 3. The number of carbonyl (C=O) groups is 2. The van der Waals surface area contributed by atoms with Gasteiger partial charge >= 0.3 is 6.09 Å². The van der Waals surface area contributed by atoms with Gasteiger partial charge in [-0.25, -0.2) is 4.79 Å². The van der Waals surface area contributed by atoms with E-state index in [-0.39, 0.29) is 19.6 Å². The molecule has 47 heavy (non-hydrogen) atoms. The minimum Gasteiger partial charge on any atom is -0.493 e. The molecular weight excluding hydrogens is 604 g/mol. The number of aliphatic hydroxyl groups is 1. The van der Waals surface area contributed by atoms with E-state index in [0.29, 0.717) is 36.0 Å². The molecule has 2 unspecified atom stereocenters. The number of amides is 2. The minimum absolute atomic E-state index is 0.115. The number of rotatable bonds is 13. The van der Waals surface area contributed by atoms with Gasteiger partial charge in [0.25, 0.3) is 0 Å². The van der Waals surface area contributed by atoms with Crippen LogP contribution in [-0.2, 0) is 33.7 Å². The van der Waals surface area contributed by atoms with Gasteiger partial charge in [0.05, 0.1) is 60.3 Å². The van der Waals surface area contributed by atoms with E-state index in [2.05, 4.69) is 5.32 Å². The first-order valence-corrected chi connectivity index (χ1v) is 15.5. The van der Waals surface area contributed by atoms with Gasteiger partial charge in [0.1, 0.15) is 11.6 Å². The van der Waals surface area contributed by atoms with E-state index in [1.54, 1.807) is 59.1 Å². The molecule has 0 fully saturated rings. The van der Waals surface area contributed by atoms with Crippen molar-refractivity contribution >= 4 is 12.0 Å². The topological polar surface area (TPSA) is 125 Å². The molecule has 0 radical (unpaired) electrons. The van der Waals surface area contributed by atoms with Crippen molar-refractivity contribution in [3.05, 3.63) is 82.9 Å². The fraction of sp³-hybridized carbons (Fsp3) is 0.444. The number of fused-ring (bicyclic) bond motifs is 1. The van der Waals surface area contributed by atoms with Crippen LogP contribution < -0.4 is 24.3 Å². The zero-order valence-electron chi connectivity index (χ0n) is 28.2. The quantitative estimate of drug-likeness (QED) is 0.267. The third kappa shape index (κ3) is 8.87. The van der Waals surface area contributed by atoms with Crippen molar-refractivity contribution < 1.29 is 43.1 Å². The summed E-state index contributed by atoms with van der Waals surface area (Å²) in [4.78, 5) is 29.5. The van der Waals surface area contributed by atoms with Crippen LogP contribution in [-0.4, -0.2) is 81.3 Å². The zero-order valence-corrected chi connectivity index (χ0v) is 28.2. The maximum Gasteiger partial charge on any atom is 0.408 e. The molecule has 0 spiro atoms. The number of carbonyl (C=O) groups excluding carboxylic acids is 2. The largest absolute Gasteiger partial charge is 0.493 e. The SMILES string of the molecule is COc1ccc(CC(NC(=O)OC(C)(C)C)C(=O)N2C(COCc3ccccc3)c3cc(OC)c(OC)cc3C[C@H]2CO)cc1OC. The van der Waals surface area contributed by atoms with Crippen molar-refractivity contribution in [2.75, 3.05) is 41.7 Å². The number of nitrogens with zero attached hydrogens (tertiary/aromatic N) is 1. The van der Waals surface area contributed by atoms with Gasteiger partial charge in [-0.2, -0.15) is 0 Å². The second-order valence-corrected chi connectivity index (χ2v) is 12.3. The second kappa shape index (κ2) is 15.9. The second-order valence-electron chi connectivity index (χ2n) is 12.3. The summed E-state index contributed by atoms with van der Waals surface area (Å²) in [5, 5.41) is 13.5. The molecule has 3 atom stereocenters. The third-order valence-electron chi connectivity index (χ3n) is 7.92. The maximum atomic E-state index is 14.8. The first-order chi connectivity index (χ1) is 22.5. The fourth-order valence-electron chi connectivity index (χ4n) is 5.77. The minimum atomic E-state index is -1.06. The van der Waals surface area contributed by atoms with Crippen molar-refractivity contribution in [1.82, 2.24) is 10.2 Å². The smallest absolute Gasteiger partial charge is 0.408 e. The highest BCUT2D eigenvalue weighted by molar-refractivity contribution is 5.87. The van der Waals surface area contributed by atoms with Crippen LogP contribution in [0.2, 0.25) is 0 Å². The molecule has 1 aliphatic heterocycles. The Labute approximate surface area is 276 Å². The summed E-state index contributed by atoms with van der Waals surface area (Å²) in [6.45, 7) is 5.38. The van der Waals surface area contributed by atoms with Gasteiger partial charge in [-0.15, -0.1) is 0 Å². The molecular formula is C36H46N2O9. The number of aliphatic hydroxyl groups excluding tert-OH is 1. The summed E-state index contributed by atoms with van der Waals surface area (Å²) in [5.74, 6) is 1.67. The van der Waals surface area contributed by atoms with Gasteiger partial charge < -0.3 is 43.7 Å². The fourth-order valence-corrected chi connectivity index (χ4v) is 5.77. The highest BCUT2D eigenvalue weighted by atomic mass is 16.6. The Morgan fingerprint density at radius 2 is 1.51 bits per heavy atom. The average Bonchev–Trinajstić information content (AvgIpc) is 3.06. The summed E-state index contributed by atoms with van der Waals surface area (Å²) in [7, 11) is 6.19. The van der Waals surface area contributed by atoms with Gasteiger partial charge in [-0.1, -0.05) is 36.4 Å². The van der Waals surface area contributed by atoms with Gasteiger partial charge in [-0.3, -0.25) is 4.79 Å². The first kappa shape index (κ1) is 35.4. The van der Waals surface area contributed by atoms with Crippen molar-refractivity contribution in [1.29, 1.82) is 0 Å². The average molecular weight is 651 g/mol. The third-order valence-corrected chi connectivity index (χ3v) is 7.92. The van der Waals surface area contributed by atoms with Gasteiger partial charge in [0.15, 0.2) is 23.0 Å². The summed E-state index contributed by atoms with van der Waals surface area (Å²) >= 11 is 0. The molecule has 2 N–H and O–H groups in total. The summed E-state index contributed by atoms with van der Waals surface area (Å²) in [6, 6.07) is 16.5. The highest BCUT2D eigenvalue weighted by Gasteiger charge is 2.41. The molecule has 3 aromatic rings. The van der Waals surface area contributed by atoms with E-state index >= 15 is 0 Å². The first-order valence-electron chi connectivity index (χ1n) is 15.5. The summed E-state index contributed by atoms with van der Waals surface area (Å²) in [5.41, 5.74) is 2.61. The van der Waals surface area contributed by atoms with E-state index in [1.165, 1.54) is 7.11 Å². The molecule has 1 aliphatic rings. The monoisotopic (exact) mass is 650 g/mol.